The normalized spacial score (nSPS) is 22.6. The van der Waals surface area contributed by atoms with Crippen molar-refractivity contribution >= 4 is 64.4 Å². The van der Waals surface area contributed by atoms with Gasteiger partial charge in [-0.05, 0) is 58.2 Å². The molecule has 3 heterocycles. The van der Waals surface area contributed by atoms with E-state index in [1.807, 2.05) is 44.4 Å². The average Bonchev–Trinajstić information content (AvgIpc) is 3.18. The predicted molar refractivity (Wildman–Crippen MR) is 140 cm³/mol. The molecule has 1 aromatic rings. The molecule has 0 saturated heterocycles. The van der Waals surface area contributed by atoms with E-state index in [2.05, 4.69) is 6.07 Å². The van der Waals surface area contributed by atoms with Crippen molar-refractivity contribution in [2.24, 2.45) is 0 Å². The van der Waals surface area contributed by atoms with Gasteiger partial charge in [0.2, 0.25) is 5.91 Å². The molecule has 1 atom stereocenters. The van der Waals surface area contributed by atoms with Gasteiger partial charge in [0.05, 0.1) is 29.3 Å². The van der Waals surface area contributed by atoms with Crippen LogP contribution in [0.3, 0.4) is 0 Å². The second kappa shape index (κ2) is 9.17. The highest BCUT2D eigenvalue weighted by Crippen LogP contribution is 2.66. The first-order chi connectivity index (χ1) is 16.1. The second-order valence-corrected chi connectivity index (χ2v) is 12.3. The van der Waals surface area contributed by atoms with Gasteiger partial charge in [0.1, 0.15) is 8.98 Å². The van der Waals surface area contributed by atoms with Crippen LogP contribution in [-0.4, -0.2) is 40.7 Å². The number of fused-ring (bicyclic) bond motifs is 3. The lowest BCUT2D eigenvalue weighted by Gasteiger charge is -2.49. The van der Waals surface area contributed by atoms with Crippen LogP contribution in [0.1, 0.15) is 45.7 Å². The first-order valence-electron chi connectivity index (χ1n) is 11.0. The number of thioether (sulfide) groups is 3. The zero-order chi connectivity index (χ0) is 24.8. The molecule has 1 aromatic carbocycles. The quantitative estimate of drug-likeness (QED) is 0.476. The molecule has 6 nitrogen and oxygen atoms in total. The zero-order valence-electron chi connectivity index (χ0n) is 20.0. The highest BCUT2D eigenvalue weighted by molar-refractivity contribution is 8.25. The number of anilines is 1. The van der Waals surface area contributed by atoms with E-state index in [4.69, 9.17) is 9.47 Å². The molecule has 1 amide bonds. The van der Waals surface area contributed by atoms with Gasteiger partial charge in [-0.2, -0.15) is 0 Å². The standard InChI is InChI=1S/C25H27NO5S3/c1-7-30-22(28)18-12-25(32-13-19(34-25)23(29)31-8-2)20-16-11-14(3)9-10-17(16)26(15(4)27)24(5,6)21(20)33-18/h9-13H,7-8H2,1-6H3/t25-/m0/s1. The lowest BCUT2D eigenvalue weighted by atomic mass is 9.84. The van der Waals surface area contributed by atoms with Crippen molar-refractivity contribution in [2.45, 2.75) is 51.2 Å². The van der Waals surface area contributed by atoms with Crippen molar-refractivity contribution in [3.05, 3.63) is 55.5 Å². The SMILES string of the molecule is CCOC(=O)C1=C[C@@]2(SC=C(C(=O)OCC)S2)C2=C(S1)C(C)(C)N(C(C)=O)c1ccc(C)cc12. The maximum atomic E-state index is 12.9. The molecular formula is C25H27NO5S3. The number of carbonyl (C=O) groups is 3. The van der Waals surface area contributed by atoms with E-state index >= 15 is 0 Å². The predicted octanol–water partition coefficient (Wildman–Crippen LogP) is 5.63. The van der Waals surface area contributed by atoms with Crippen LogP contribution in [0.4, 0.5) is 5.69 Å². The first-order valence-corrected chi connectivity index (χ1v) is 13.6. The van der Waals surface area contributed by atoms with E-state index in [0.717, 1.165) is 27.3 Å². The largest absolute Gasteiger partial charge is 0.462 e. The summed E-state index contributed by atoms with van der Waals surface area (Å²) in [6, 6.07) is 6.05. The van der Waals surface area contributed by atoms with Crippen LogP contribution in [0.5, 0.6) is 0 Å². The van der Waals surface area contributed by atoms with E-state index in [1.165, 1.54) is 35.3 Å². The molecule has 0 unspecified atom stereocenters. The Labute approximate surface area is 212 Å². The summed E-state index contributed by atoms with van der Waals surface area (Å²) in [5.74, 6) is -0.877. The summed E-state index contributed by atoms with van der Waals surface area (Å²) < 4.78 is 9.84. The summed E-state index contributed by atoms with van der Waals surface area (Å²) >= 11 is 4.20. The Balaban J connectivity index is 1.96. The third-order valence-corrected chi connectivity index (χ3v) is 10.0. The molecule has 0 fully saturated rings. The Kier molecular flexibility index (Phi) is 6.74. The summed E-state index contributed by atoms with van der Waals surface area (Å²) in [7, 11) is 0. The first kappa shape index (κ1) is 25.0. The summed E-state index contributed by atoms with van der Waals surface area (Å²) in [5, 5.41) is 1.81. The molecule has 0 aliphatic carbocycles. The van der Waals surface area contributed by atoms with Crippen LogP contribution >= 0.6 is 35.3 Å². The zero-order valence-corrected chi connectivity index (χ0v) is 22.5. The minimum Gasteiger partial charge on any atom is -0.462 e. The number of ether oxygens (including phenoxy) is 2. The lowest BCUT2D eigenvalue weighted by molar-refractivity contribution is -0.138. The van der Waals surface area contributed by atoms with E-state index < -0.39 is 15.6 Å². The molecule has 0 bridgehead atoms. The second-order valence-electron chi connectivity index (χ2n) is 8.56. The van der Waals surface area contributed by atoms with Crippen molar-refractivity contribution in [1.82, 2.24) is 0 Å². The number of rotatable bonds is 4. The molecule has 0 saturated carbocycles. The van der Waals surface area contributed by atoms with Gasteiger partial charge < -0.3 is 14.4 Å². The summed E-state index contributed by atoms with van der Waals surface area (Å²) in [5.41, 5.74) is 3.08. The van der Waals surface area contributed by atoms with Gasteiger partial charge in [-0.1, -0.05) is 35.2 Å². The van der Waals surface area contributed by atoms with Gasteiger partial charge >= 0.3 is 11.9 Å². The number of hydrogen-bond acceptors (Lipinski definition) is 8. The summed E-state index contributed by atoms with van der Waals surface area (Å²) in [4.78, 5) is 42.0. The molecule has 34 heavy (non-hydrogen) atoms. The number of carbonyl (C=O) groups excluding carboxylic acids is 3. The number of hydrogen-bond donors (Lipinski definition) is 0. The van der Waals surface area contributed by atoms with Gasteiger partial charge in [0, 0.05) is 23.0 Å². The van der Waals surface area contributed by atoms with Crippen LogP contribution in [0, 0.1) is 6.92 Å². The van der Waals surface area contributed by atoms with Crippen LogP contribution in [-0.2, 0) is 23.9 Å². The minimum absolute atomic E-state index is 0.0828. The van der Waals surface area contributed by atoms with E-state index in [-0.39, 0.29) is 25.1 Å². The Hall–Kier alpha value is -2.10. The Morgan fingerprint density at radius 3 is 2.29 bits per heavy atom. The van der Waals surface area contributed by atoms with Gasteiger partial charge in [-0.25, -0.2) is 9.59 Å². The third-order valence-electron chi connectivity index (χ3n) is 5.76. The maximum absolute atomic E-state index is 12.9. The maximum Gasteiger partial charge on any atom is 0.345 e. The highest BCUT2D eigenvalue weighted by Gasteiger charge is 2.53. The van der Waals surface area contributed by atoms with Gasteiger partial charge in [0.25, 0.3) is 0 Å². The summed E-state index contributed by atoms with van der Waals surface area (Å²) in [6.45, 7) is 11.6. The van der Waals surface area contributed by atoms with Crippen LogP contribution < -0.4 is 4.90 Å². The minimum atomic E-state index is -0.770. The van der Waals surface area contributed by atoms with Crippen LogP contribution in [0.25, 0.3) is 5.57 Å². The third kappa shape index (κ3) is 4.01. The van der Waals surface area contributed by atoms with Crippen molar-refractivity contribution in [3.63, 3.8) is 0 Å². The van der Waals surface area contributed by atoms with Crippen molar-refractivity contribution < 1.29 is 23.9 Å². The van der Waals surface area contributed by atoms with E-state index in [0.29, 0.717) is 9.81 Å². The molecule has 180 valence electrons. The monoisotopic (exact) mass is 517 g/mol. The van der Waals surface area contributed by atoms with Crippen molar-refractivity contribution in [1.29, 1.82) is 0 Å². The molecule has 0 N–H and O–H groups in total. The molecular weight excluding hydrogens is 490 g/mol. The lowest BCUT2D eigenvalue weighted by Crippen LogP contribution is -2.52. The Bertz CT molecular complexity index is 1180. The van der Waals surface area contributed by atoms with Gasteiger partial charge in [-0.3, -0.25) is 4.79 Å². The Morgan fingerprint density at radius 2 is 1.68 bits per heavy atom. The van der Waals surface area contributed by atoms with E-state index in [9.17, 15) is 14.4 Å². The smallest absolute Gasteiger partial charge is 0.345 e. The molecule has 1 spiro atoms. The van der Waals surface area contributed by atoms with Gasteiger partial charge in [0.15, 0.2) is 0 Å². The topological polar surface area (TPSA) is 72.9 Å². The fourth-order valence-corrected chi connectivity index (χ4v) is 8.85. The Morgan fingerprint density at radius 1 is 1.03 bits per heavy atom. The number of aryl methyl sites for hydroxylation is 1. The van der Waals surface area contributed by atoms with E-state index in [1.54, 1.807) is 25.7 Å². The number of esters is 2. The molecule has 0 radical (unpaired) electrons. The number of nitrogens with zero attached hydrogens (tertiary/aromatic N) is 1. The number of benzene rings is 1. The number of amides is 1. The van der Waals surface area contributed by atoms with Crippen LogP contribution in [0.2, 0.25) is 0 Å². The fraction of sp³-hybridized carbons (Fsp3) is 0.400. The van der Waals surface area contributed by atoms with Crippen LogP contribution in [0.15, 0.2) is 44.4 Å². The average molecular weight is 518 g/mol. The molecule has 3 aliphatic heterocycles. The van der Waals surface area contributed by atoms with Crippen molar-refractivity contribution in [2.75, 3.05) is 18.1 Å². The fourth-order valence-electron chi connectivity index (χ4n) is 4.47. The molecule has 4 rings (SSSR count). The summed E-state index contributed by atoms with van der Waals surface area (Å²) in [6.07, 6.45) is 1.90. The highest BCUT2D eigenvalue weighted by atomic mass is 32.2. The van der Waals surface area contributed by atoms with Crippen molar-refractivity contribution in [3.8, 4) is 0 Å². The molecule has 0 aromatic heterocycles. The molecule has 3 aliphatic rings. The van der Waals surface area contributed by atoms with Gasteiger partial charge in [-0.15, -0.1) is 11.8 Å². The molecule has 9 heteroatoms.